The predicted molar refractivity (Wildman–Crippen MR) is 121 cm³/mol. The molecule has 0 spiro atoms. The third kappa shape index (κ3) is 4.83. The van der Waals surface area contributed by atoms with Crippen molar-refractivity contribution in [3.63, 3.8) is 0 Å². The van der Waals surface area contributed by atoms with Crippen LogP contribution in [0.2, 0.25) is 0 Å². The first-order chi connectivity index (χ1) is 15.1. The number of nitrogens with one attached hydrogen (secondary N) is 2. The van der Waals surface area contributed by atoms with Crippen LogP contribution in [0.3, 0.4) is 0 Å². The zero-order valence-electron chi connectivity index (χ0n) is 17.4. The molecule has 31 heavy (non-hydrogen) atoms. The Labute approximate surface area is 182 Å². The summed E-state index contributed by atoms with van der Waals surface area (Å²) in [6.45, 7) is 2.73. The fourth-order valence-electron chi connectivity index (χ4n) is 3.85. The maximum atomic E-state index is 13.9. The molecule has 0 aromatic heterocycles. The van der Waals surface area contributed by atoms with Crippen LogP contribution in [-0.2, 0) is 17.9 Å². The third-order valence-electron chi connectivity index (χ3n) is 5.35. The topological polar surface area (TPSA) is 61.4 Å². The first-order valence-electron chi connectivity index (χ1n) is 10.3. The fraction of sp³-hybridized carbons (Fsp3) is 0.154. The molecular formula is C26H25N3O2. The average molecular weight is 412 g/mol. The van der Waals surface area contributed by atoms with Crippen LogP contribution in [0.1, 0.15) is 29.7 Å². The highest BCUT2D eigenvalue weighted by Crippen LogP contribution is 2.29. The molecule has 3 aromatic rings. The van der Waals surface area contributed by atoms with Crippen molar-refractivity contribution in [2.24, 2.45) is 0 Å². The van der Waals surface area contributed by atoms with Crippen LogP contribution in [0, 0.1) is 0 Å². The van der Waals surface area contributed by atoms with E-state index in [9.17, 15) is 9.59 Å². The molecule has 1 heterocycles. The second-order valence-corrected chi connectivity index (χ2v) is 7.61. The number of hydrogen-bond acceptors (Lipinski definition) is 2. The molecule has 1 unspecified atom stereocenters. The van der Waals surface area contributed by atoms with E-state index in [2.05, 4.69) is 10.6 Å². The van der Waals surface area contributed by atoms with Crippen molar-refractivity contribution in [2.75, 3.05) is 0 Å². The molecule has 4 rings (SSSR count). The van der Waals surface area contributed by atoms with Gasteiger partial charge in [0.05, 0.1) is 11.6 Å². The average Bonchev–Trinajstić information content (AvgIpc) is 2.80. The molecule has 1 atom stereocenters. The van der Waals surface area contributed by atoms with Crippen molar-refractivity contribution in [3.8, 4) is 0 Å². The van der Waals surface area contributed by atoms with E-state index in [4.69, 9.17) is 0 Å². The lowest BCUT2D eigenvalue weighted by Gasteiger charge is -2.32. The van der Waals surface area contributed by atoms with E-state index >= 15 is 0 Å². The second kappa shape index (κ2) is 9.30. The molecule has 0 fully saturated rings. The van der Waals surface area contributed by atoms with Crippen LogP contribution in [0.4, 0.5) is 4.79 Å². The molecule has 0 saturated carbocycles. The quantitative estimate of drug-likeness (QED) is 0.625. The SMILES string of the molecule is CC1=C(C(=O)N(Cc2ccccc2)Cc2ccccc2)C(c2ccccc2)NC(=O)N1. The number of urea groups is 1. The van der Waals surface area contributed by atoms with Gasteiger partial charge in [-0.15, -0.1) is 0 Å². The number of nitrogens with zero attached hydrogens (tertiary/aromatic N) is 1. The molecule has 156 valence electrons. The van der Waals surface area contributed by atoms with Crippen LogP contribution in [0.5, 0.6) is 0 Å². The molecule has 3 amide bonds. The summed E-state index contributed by atoms with van der Waals surface area (Å²) in [5, 5.41) is 5.70. The summed E-state index contributed by atoms with van der Waals surface area (Å²) < 4.78 is 0. The Kier molecular flexibility index (Phi) is 6.13. The maximum absolute atomic E-state index is 13.9. The van der Waals surface area contributed by atoms with Crippen LogP contribution in [0.25, 0.3) is 0 Å². The van der Waals surface area contributed by atoms with Gasteiger partial charge in [-0.2, -0.15) is 0 Å². The summed E-state index contributed by atoms with van der Waals surface area (Å²) in [5.74, 6) is -0.105. The van der Waals surface area contributed by atoms with E-state index in [-0.39, 0.29) is 11.9 Å². The largest absolute Gasteiger partial charge is 0.330 e. The molecule has 0 bridgehead atoms. The van der Waals surface area contributed by atoms with E-state index < -0.39 is 6.04 Å². The zero-order valence-corrected chi connectivity index (χ0v) is 17.4. The zero-order chi connectivity index (χ0) is 21.6. The van der Waals surface area contributed by atoms with Gasteiger partial charge in [0, 0.05) is 18.8 Å². The van der Waals surface area contributed by atoms with Crippen LogP contribution in [0.15, 0.2) is 102 Å². The lowest BCUT2D eigenvalue weighted by atomic mass is 9.94. The van der Waals surface area contributed by atoms with Gasteiger partial charge in [0.1, 0.15) is 0 Å². The van der Waals surface area contributed by atoms with Gasteiger partial charge in [0.15, 0.2) is 0 Å². The first-order valence-corrected chi connectivity index (χ1v) is 10.3. The first kappa shape index (κ1) is 20.4. The Morgan fingerprint density at radius 3 is 1.81 bits per heavy atom. The van der Waals surface area contributed by atoms with Gasteiger partial charge in [-0.05, 0) is 23.6 Å². The molecule has 1 aliphatic rings. The van der Waals surface area contributed by atoms with Crippen LogP contribution < -0.4 is 10.6 Å². The van der Waals surface area contributed by atoms with E-state index in [1.807, 2.05) is 95.9 Å². The minimum absolute atomic E-state index is 0.105. The lowest BCUT2D eigenvalue weighted by Crippen LogP contribution is -2.47. The van der Waals surface area contributed by atoms with Gasteiger partial charge in [-0.1, -0.05) is 91.0 Å². The van der Waals surface area contributed by atoms with E-state index in [1.165, 1.54) is 0 Å². The van der Waals surface area contributed by atoms with E-state index in [0.29, 0.717) is 24.4 Å². The Morgan fingerprint density at radius 2 is 1.29 bits per heavy atom. The summed E-state index contributed by atoms with van der Waals surface area (Å²) in [5.41, 5.74) is 4.11. The van der Waals surface area contributed by atoms with Crippen LogP contribution >= 0.6 is 0 Å². The summed E-state index contributed by atoms with van der Waals surface area (Å²) in [6, 6.07) is 28.7. The molecule has 5 nitrogen and oxygen atoms in total. The molecule has 0 saturated heterocycles. The Balaban J connectivity index is 1.71. The minimum atomic E-state index is -0.503. The Hall–Kier alpha value is -3.86. The van der Waals surface area contributed by atoms with Crippen molar-refractivity contribution in [3.05, 3.63) is 119 Å². The molecule has 1 aliphatic heterocycles. The number of carbonyl (C=O) groups excluding carboxylic acids is 2. The number of carbonyl (C=O) groups is 2. The lowest BCUT2D eigenvalue weighted by molar-refractivity contribution is -0.128. The van der Waals surface area contributed by atoms with Crippen molar-refractivity contribution >= 4 is 11.9 Å². The number of hydrogen-bond donors (Lipinski definition) is 2. The smallest absolute Gasteiger partial charge is 0.319 e. The van der Waals surface area contributed by atoms with Crippen molar-refractivity contribution in [2.45, 2.75) is 26.1 Å². The van der Waals surface area contributed by atoms with E-state index in [1.54, 1.807) is 6.92 Å². The maximum Gasteiger partial charge on any atom is 0.319 e. The van der Waals surface area contributed by atoms with Crippen molar-refractivity contribution in [1.82, 2.24) is 15.5 Å². The fourth-order valence-corrected chi connectivity index (χ4v) is 3.85. The number of rotatable bonds is 6. The molecule has 2 N–H and O–H groups in total. The summed E-state index contributed by atoms with van der Waals surface area (Å²) in [7, 11) is 0. The van der Waals surface area contributed by atoms with Gasteiger partial charge >= 0.3 is 6.03 Å². The Bertz CT molecular complexity index is 1040. The predicted octanol–water partition coefficient (Wildman–Crippen LogP) is 4.54. The third-order valence-corrected chi connectivity index (χ3v) is 5.35. The van der Waals surface area contributed by atoms with Gasteiger partial charge < -0.3 is 15.5 Å². The van der Waals surface area contributed by atoms with Crippen LogP contribution in [-0.4, -0.2) is 16.8 Å². The number of benzene rings is 3. The van der Waals surface area contributed by atoms with Crippen molar-refractivity contribution < 1.29 is 9.59 Å². The second-order valence-electron chi connectivity index (χ2n) is 7.61. The standard InChI is InChI=1S/C26H25N3O2/c1-19-23(24(28-26(31)27-19)22-15-9-4-10-16-22)25(30)29(17-20-11-5-2-6-12-20)18-21-13-7-3-8-14-21/h2-16,24H,17-18H2,1H3,(H2,27,28,31). The highest BCUT2D eigenvalue weighted by Gasteiger charge is 2.33. The molecule has 0 radical (unpaired) electrons. The molecule has 3 aromatic carbocycles. The summed E-state index contributed by atoms with van der Waals surface area (Å²) in [6.07, 6.45) is 0. The van der Waals surface area contributed by atoms with Gasteiger partial charge in [-0.25, -0.2) is 4.79 Å². The Morgan fingerprint density at radius 1 is 0.806 bits per heavy atom. The van der Waals surface area contributed by atoms with Gasteiger partial charge in [-0.3, -0.25) is 4.79 Å². The molecule has 5 heteroatoms. The van der Waals surface area contributed by atoms with Gasteiger partial charge in [0.2, 0.25) is 0 Å². The number of amides is 3. The molecular weight excluding hydrogens is 386 g/mol. The summed E-state index contributed by atoms with van der Waals surface area (Å²) in [4.78, 5) is 27.9. The van der Waals surface area contributed by atoms with E-state index in [0.717, 1.165) is 16.7 Å². The normalized spacial score (nSPS) is 15.8. The number of allylic oxidation sites excluding steroid dienone is 1. The monoisotopic (exact) mass is 411 g/mol. The van der Waals surface area contributed by atoms with Gasteiger partial charge in [0.25, 0.3) is 5.91 Å². The highest BCUT2D eigenvalue weighted by molar-refractivity contribution is 5.98. The van der Waals surface area contributed by atoms with Crippen molar-refractivity contribution in [1.29, 1.82) is 0 Å². The minimum Gasteiger partial charge on any atom is -0.330 e. The summed E-state index contributed by atoms with van der Waals surface area (Å²) >= 11 is 0. The highest BCUT2D eigenvalue weighted by atomic mass is 16.2. The molecule has 0 aliphatic carbocycles.